The summed E-state index contributed by atoms with van der Waals surface area (Å²) in [6, 6.07) is 2.16. The fraction of sp³-hybridized carbons (Fsp3) is 0.538. The first-order valence-corrected chi connectivity index (χ1v) is 9.03. The molecule has 0 aliphatic rings. The fourth-order valence-electron chi connectivity index (χ4n) is 1.60. The summed E-state index contributed by atoms with van der Waals surface area (Å²) in [5, 5.41) is 16.4. The number of rotatable bonds is 5. The number of hydrogen-bond donors (Lipinski definition) is 1. The molecule has 2 heterocycles. The van der Waals surface area contributed by atoms with E-state index in [4.69, 9.17) is 0 Å². The van der Waals surface area contributed by atoms with Crippen molar-refractivity contribution >= 4 is 45.3 Å². The second-order valence-corrected chi connectivity index (χ2v) is 9.29. The van der Waals surface area contributed by atoms with Crippen LogP contribution in [0, 0.1) is 2.88 Å². The summed E-state index contributed by atoms with van der Waals surface area (Å²) >= 11 is 5.79. The van der Waals surface area contributed by atoms with E-state index in [0.29, 0.717) is 0 Å². The quantitative estimate of drug-likeness (QED) is 0.597. The van der Waals surface area contributed by atoms with Crippen LogP contribution in [0.3, 0.4) is 0 Å². The van der Waals surface area contributed by atoms with Gasteiger partial charge in [0.2, 0.25) is 0 Å². The van der Waals surface area contributed by atoms with Crippen LogP contribution in [0.5, 0.6) is 0 Å². The number of thiophene rings is 1. The minimum Gasteiger partial charge on any atom is -0.312 e. The SMILES string of the molecule is CC(C)(C)NCCCc1nnc(-c2csc(I)c2)s1. The smallest absolute Gasteiger partial charge is 0.148 e. The standard InChI is InChI=1S/C13H18IN3S2/c1-13(2,3)15-6-4-5-11-16-17-12(19-11)9-7-10(14)18-8-9/h7-8,15H,4-6H2,1-3H3. The van der Waals surface area contributed by atoms with Crippen LogP contribution >= 0.6 is 45.3 Å². The number of halogens is 1. The molecule has 0 fully saturated rings. The van der Waals surface area contributed by atoms with Crippen molar-refractivity contribution in [2.75, 3.05) is 6.54 Å². The number of nitrogens with one attached hydrogen (secondary N) is 1. The highest BCUT2D eigenvalue weighted by atomic mass is 127. The topological polar surface area (TPSA) is 37.8 Å². The van der Waals surface area contributed by atoms with E-state index in [1.165, 1.54) is 8.45 Å². The summed E-state index contributed by atoms with van der Waals surface area (Å²) in [4.78, 5) is 0. The van der Waals surface area contributed by atoms with Gasteiger partial charge in [0.15, 0.2) is 0 Å². The van der Waals surface area contributed by atoms with Crippen molar-refractivity contribution in [1.82, 2.24) is 15.5 Å². The maximum absolute atomic E-state index is 4.28. The highest BCUT2D eigenvalue weighted by Gasteiger charge is 2.10. The van der Waals surface area contributed by atoms with Crippen LogP contribution < -0.4 is 5.32 Å². The Hall–Kier alpha value is -0.0500. The van der Waals surface area contributed by atoms with Crippen LogP contribution in [0.4, 0.5) is 0 Å². The molecule has 1 N–H and O–H groups in total. The maximum atomic E-state index is 4.28. The summed E-state index contributed by atoms with van der Waals surface area (Å²) in [6.45, 7) is 7.59. The Bertz CT molecular complexity index is 528. The summed E-state index contributed by atoms with van der Waals surface area (Å²) in [7, 11) is 0. The summed E-state index contributed by atoms with van der Waals surface area (Å²) in [6.07, 6.45) is 2.11. The lowest BCUT2D eigenvalue weighted by molar-refractivity contribution is 0.422. The minimum absolute atomic E-state index is 0.194. The zero-order valence-corrected chi connectivity index (χ0v) is 15.2. The van der Waals surface area contributed by atoms with E-state index in [1.54, 1.807) is 22.7 Å². The van der Waals surface area contributed by atoms with E-state index in [2.05, 4.69) is 70.3 Å². The van der Waals surface area contributed by atoms with Crippen molar-refractivity contribution in [1.29, 1.82) is 0 Å². The first kappa shape index (κ1) is 15.3. The third-order valence-corrected chi connectivity index (χ3v) is 5.33. The molecule has 0 aromatic carbocycles. The molecule has 104 valence electrons. The predicted molar refractivity (Wildman–Crippen MR) is 92.0 cm³/mol. The van der Waals surface area contributed by atoms with Crippen LogP contribution in [0.15, 0.2) is 11.4 Å². The molecule has 2 aromatic heterocycles. The van der Waals surface area contributed by atoms with Crippen LogP contribution in [0.2, 0.25) is 0 Å². The Morgan fingerprint density at radius 2 is 2.11 bits per heavy atom. The van der Waals surface area contributed by atoms with Crippen LogP contribution in [0.1, 0.15) is 32.2 Å². The van der Waals surface area contributed by atoms with Gasteiger partial charge in [-0.15, -0.1) is 21.5 Å². The van der Waals surface area contributed by atoms with E-state index >= 15 is 0 Å². The normalized spacial score (nSPS) is 12.0. The molecular weight excluding hydrogens is 389 g/mol. The molecule has 19 heavy (non-hydrogen) atoms. The molecular formula is C13H18IN3S2. The molecule has 0 saturated carbocycles. The molecule has 0 bridgehead atoms. The first-order valence-electron chi connectivity index (χ1n) is 6.26. The Kier molecular flexibility index (Phi) is 5.33. The van der Waals surface area contributed by atoms with Gasteiger partial charge >= 0.3 is 0 Å². The van der Waals surface area contributed by atoms with Crippen molar-refractivity contribution in [2.45, 2.75) is 39.2 Å². The minimum atomic E-state index is 0.194. The van der Waals surface area contributed by atoms with Gasteiger partial charge < -0.3 is 5.32 Å². The maximum Gasteiger partial charge on any atom is 0.148 e. The molecule has 0 amide bonds. The molecule has 0 saturated heterocycles. The van der Waals surface area contributed by atoms with E-state index in [1.807, 2.05) is 0 Å². The molecule has 0 radical (unpaired) electrons. The van der Waals surface area contributed by atoms with Crippen molar-refractivity contribution in [2.24, 2.45) is 0 Å². The second-order valence-electron chi connectivity index (χ2n) is 5.42. The Balaban J connectivity index is 1.85. The number of hydrogen-bond acceptors (Lipinski definition) is 5. The van der Waals surface area contributed by atoms with Gasteiger partial charge in [0, 0.05) is 22.9 Å². The van der Waals surface area contributed by atoms with Gasteiger partial charge in [0.05, 0.1) is 2.88 Å². The highest BCUT2D eigenvalue weighted by molar-refractivity contribution is 14.1. The molecule has 0 atom stereocenters. The Morgan fingerprint density at radius 1 is 1.32 bits per heavy atom. The second kappa shape index (κ2) is 6.60. The van der Waals surface area contributed by atoms with E-state index in [9.17, 15) is 0 Å². The molecule has 2 aromatic rings. The van der Waals surface area contributed by atoms with Gasteiger partial charge in [-0.05, 0) is 62.4 Å². The summed E-state index contributed by atoms with van der Waals surface area (Å²) in [5.41, 5.74) is 1.39. The zero-order valence-electron chi connectivity index (χ0n) is 11.4. The van der Waals surface area contributed by atoms with E-state index in [-0.39, 0.29) is 5.54 Å². The van der Waals surface area contributed by atoms with Crippen molar-refractivity contribution in [3.05, 3.63) is 19.3 Å². The molecule has 0 spiro atoms. The lowest BCUT2D eigenvalue weighted by atomic mass is 10.1. The Labute approximate surface area is 136 Å². The van der Waals surface area contributed by atoms with Crippen LogP contribution in [-0.4, -0.2) is 22.3 Å². The van der Waals surface area contributed by atoms with Gasteiger partial charge in [0.25, 0.3) is 0 Å². The van der Waals surface area contributed by atoms with Gasteiger partial charge in [-0.3, -0.25) is 0 Å². The van der Waals surface area contributed by atoms with Crippen molar-refractivity contribution in [3.8, 4) is 10.6 Å². The highest BCUT2D eigenvalue weighted by Crippen LogP contribution is 2.29. The fourth-order valence-corrected chi connectivity index (χ4v) is 3.87. The third kappa shape index (κ3) is 5.09. The molecule has 0 aliphatic heterocycles. The summed E-state index contributed by atoms with van der Waals surface area (Å²) in [5.74, 6) is 0. The van der Waals surface area contributed by atoms with Gasteiger partial charge in [-0.2, -0.15) is 0 Å². The number of nitrogens with zero attached hydrogens (tertiary/aromatic N) is 2. The molecule has 3 nitrogen and oxygen atoms in total. The van der Waals surface area contributed by atoms with Gasteiger partial charge in [-0.1, -0.05) is 11.3 Å². The first-order chi connectivity index (χ1) is 8.94. The van der Waals surface area contributed by atoms with Gasteiger partial charge in [0.1, 0.15) is 10.0 Å². The predicted octanol–water partition coefficient (Wildman–Crippen LogP) is 4.19. The zero-order chi connectivity index (χ0) is 13.9. The molecule has 6 heteroatoms. The van der Waals surface area contributed by atoms with Crippen molar-refractivity contribution in [3.63, 3.8) is 0 Å². The van der Waals surface area contributed by atoms with E-state index in [0.717, 1.165) is 29.4 Å². The average molecular weight is 407 g/mol. The Morgan fingerprint density at radius 3 is 2.74 bits per heavy atom. The monoisotopic (exact) mass is 407 g/mol. The largest absolute Gasteiger partial charge is 0.312 e. The van der Waals surface area contributed by atoms with Crippen molar-refractivity contribution < 1.29 is 0 Å². The molecule has 2 rings (SSSR count). The van der Waals surface area contributed by atoms with Gasteiger partial charge in [-0.25, -0.2) is 0 Å². The van der Waals surface area contributed by atoms with Crippen LogP contribution in [0.25, 0.3) is 10.6 Å². The molecule has 0 unspecified atom stereocenters. The average Bonchev–Trinajstić information content (AvgIpc) is 2.92. The third-order valence-electron chi connectivity index (χ3n) is 2.50. The number of aryl methyl sites for hydroxylation is 1. The van der Waals surface area contributed by atoms with Crippen LogP contribution in [-0.2, 0) is 6.42 Å². The lowest BCUT2D eigenvalue weighted by Gasteiger charge is -2.20. The summed E-state index contributed by atoms with van der Waals surface area (Å²) < 4.78 is 1.29. The van der Waals surface area contributed by atoms with E-state index < -0.39 is 0 Å². The number of aromatic nitrogens is 2. The molecule has 0 aliphatic carbocycles. The lowest BCUT2D eigenvalue weighted by Crippen LogP contribution is -2.36.